The van der Waals surface area contributed by atoms with E-state index < -0.39 is 11.6 Å². The zero-order valence-electron chi connectivity index (χ0n) is 13.6. The molecule has 0 radical (unpaired) electrons. The van der Waals surface area contributed by atoms with Crippen LogP contribution in [-0.4, -0.2) is 32.5 Å². The second-order valence-corrected chi connectivity index (χ2v) is 6.15. The molecule has 0 spiro atoms. The molecule has 1 aliphatic heterocycles. The predicted octanol–water partition coefficient (Wildman–Crippen LogP) is 2.93. The molecule has 4 rings (SSSR count). The molecule has 0 saturated carbocycles. The van der Waals surface area contributed by atoms with Crippen molar-refractivity contribution in [3.63, 3.8) is 0 Å². The smallest absolute Gasteiger partial charge is 0.258 e. The highest BCUT2D eigenvalue weighted by Gasteiger charge is 2.33. The maximum absolute atomic E-state index is 13.3. The zero-order chi connectivity index (χ0) is 18.1. The summed E-state index contributed by atoms with van der Waals surface area (Å²) in [6.45, 7) is 0.505. The molecule has 0 bridgehead atoms. The van der Waals surface area contributed by atoms with Crippen LogP contribution in [0.4, 0.5) is 8.78 Å². The number of benzene rings is 1. The van der Waals surface area contributed by atoms with Crippen molar-refractivity contribution in [2.45, 2.75) is 18.9 Å². The van der Waals surface area contributed by atoms with Gasteiger partial charge in [0, 0.05) is 49.5 Å². The lowest BCUT2D eigenvalue weighted by Gasteiger charge is -2.16. The molecule has 132 valence electrons. The number of likely N-dealkylation sites (tertiary alicyclic amines) is 1. The number of carbonyl (C=O) groups is 1. The van der Waals surface area contributed by atoms with Crippen LogP contribution in [0.5, 0.6) is 0 Å². The van der Waals surface area contributed by atoms with E-state index in [0.717, 1.165) is 11.6 Å². The van der Waals surface area contributed by atoms with E-state index in [-0.39, 0.29) is 24.8 Å². The van der Waals surface area contributed by atoms with Gasteiger partial charge in [0.25, 0.3) is 5.89 Å². The molecule has 1 aliphatic rings. The Morgan fingerprint density at radius 1 is 1.15 bits per heavy atom. The fraction of sp³-hybridized carbons (Fsp3) is 0.222. The summed E-state index contributed by atoms with van der Waals surface area (Å²) >= 11 is 0. The van der Waals surface area contributed by atoms with Gasteiger partial charge in [-0.05, 0) is 29.8 Å². The minimum absolute atomic E-state index is 0.116. The number of carbonyl (C=O) groups excluding carboxylic acids is 1. The molecule has 3 aromatic rings. The first-order chi connectivity index (χ1) is 12.6. The van der Waals surface area contributed by atoms with Crippen molar-refractivity contribution in [3.8, 4) is 11.5 Å². The third kappa shape index (κ3) is 3.30. The number of amides is 1. The topological polar surface area (TPSA) is 72.1 Å². The van der Waals surface area contributed by atoms with Crippen LogP contribution in [0.25, 0.3) is 11.5 Å². The summed E-state index contributed by atoms with van der Waals surface area (Å²) in [4.78, 5) is 22.1. The van der Waals surface area contributed by atoms with E-state index in [4.69, 9.17) is 4.52 Å². The summed E-state index contributed by atoms with van der Waals surface area (Å²) in [5.74, 6) is -0.861. The Morgan fingerprint density at radius 3 is 2.62 bits per heavy atom. The minimum Gasteiger partial charge on any atom is -0.338 e. The van der Waals surface area contributed by atoms with Gasteiger partial charge in [-0.15, -0.1) is 0 Å². The normalized spacial score (nSPS) is 17.1. The summed E-state index contributed by atoms with van der Waals surface area (Å²) in [6, 6.07) is 6.75. The van der Waals surface area contributed by atoms with Crippen molar-refractivity contribution in [2.75, 3.05) is 6.54 Å². The Labute approximate surface area is 147 Å². The Balaban J connectivity index is 1.49. The predicted molar refractivity (Wildman–Crippen MR) is 86.7 cm³/mol. The molecule has 2 aromatic heterocycles. The summed E-state index contributed by atoms with van der Waals surface area (Å²) in [5.41, 5.74) is 1.15. The Hall–Kier alpha value is -3.16. The molecule has 1 saturated heterocycles. The number of pyridine rings is 1. The van der Waals surface area contributed by atoms with E-state index in [9.17, 15) is 13.6 Å². The monoisotopic (exact) mass is 356 g/mol. The molecule has 1 atom stereocenters. The Bertz CT molecular complexity index is 925. The van der Waals surface area contributed by atoms with Gasteiger partial charge in [-0.25, -0.2) is 8.78 Å². The van der Waals surface area contributed by atoms with Crippen LogP contribution in [0, 0.1) is 11.6 Å². The lowest BCUT2D eigenvalue weighted by Crippen LogP contribution is -2.24. The number of nitrogens with zero attached hydrogens (tertiary/aromatic N) is 4. The summed E-state index contributed by atoms with van der Waals surface area (Å²) in [5, 5.41) is 3.97. The van der Waals surface area contributed by atoms with Gasteiger partial charge in [0.15, 0.2) is 5.82 Å². The first kappa shape index (κ1) is 16.3. The molecule has 1 amide bonds. The van der Waals surface area contributed by atoms with Gasteiger partial charge in [0.1, 0.15) is 11.6 Å². The van der Waals surface area contributed by atoms with Crippen LogP contribution in [0.15, 0.2) is 47.2 Å². The minimum atomic E-state index is -0.664. The lowest BCUT2D eigenvalue weighted by atomic mass is 10.1. The maximum Gasteiger partial charge on any atom is 0.258 e. The average molecular weight is 356 g/mol. The quantitative estimate of drug-likeness (QED) is 0.719. The van der Waals surface area contributed by atoms with Gasteiger partial charge in [-0.3, -0.25) is 9.78 Å². The van der Waals surface area contributed by atoms with Crippen LogP contribution < -0.4 is 0 Å². The van der Waals surface area contributed by atoms with Crippen LogP contribution in [-0.2, 0) is 11.3 Å². The fourth-order valence-corrected chi connectivity index (χ4v) is 3.03. The second-order valence-electron chi connectivity index (χ2n) is 6.15. The number of aromatic nitrogens is 3. The fourth-order valence-electron chi connectivity index (χ4n) is 3.03. The molecular weight excluding hydrogens is 342 g/mol. The van der Waals surface area contributed by atoms with E-state index in [1.54, 1.807) is 29.4 Å². The van der Waals surface area contributed by atoms with Crippen molar-refractivity contribution >= 4 is 5.91 Å². The van der Waals surface area contributed by atoms with Crippen molar-refractivity contribution in [1.29, 1.82) is 0 Å². The van der Waals surface area contributed by atoms with Crippen molar-refractivity contribution < 1.29 is 18.1 Å². The summed E-state index contributed by atoms with van der Waals surface area (Å²) in [6.07, 6.45) is 3.48. The lowest BCUT2D eigenvalue weighted by molar-refractivity contribution is -0.128. The van der Waals surface area contributed by atoms with Gasteiger partial charge in [-0.2, -0.15) is 4.98 Å². The van der Waals surface area contributed by atoms with Crippen molar-refractivity contribution in [2.24, 2.45) is 0 Å². The summed E-state index contributed by atoms with van der Waals surface area (Å²) < 4.78 is 31.9. The molecule has 1 fully saturated rings. The molecule has 3 heterocycles. The van der Waals surface area contributed by atoms with Gasteiger partial charge >= 0.3 is 0 Å². The van der Waals surface area contributed by atoms with Gasteiger partial charge in [0.05, 0.1) is 0 Å². The van der Waals surface area contributed by atoms with Crippen LogP contribution in [0.3, 0.4) is 0 Å². The first-order valence-electron chi connectivity index (χ1n) is 8.05. The number of hydrogen-bond donors (Lipinski definition) is 0. The SMILES string of the molecule is O=C1CC(c2noc(-c3ccncc3)n2)CN1Cc1cc(F)cc(F)c1. The third-order valence-corrected chi connectivity index (χ3v) is 4.24. The molecule has 1 aromatic carbocycles. The number of halogens is 2. The van der Waals surface area contributed by atoms with E-state index >= 15 is 0 Å². The standard InChI is InChI=1S/C18H14F2N4O2/c19-14-5-11(6-15(20)8-14)9-24-10-13(7-16(24)25)17-22-18(26-23-17)12-1-3-21-4-2-12/h1-6,8,13H,7,9-10H2. The molecule has 0 N–H and O–H groups in total. The number of rotatable bonds is 4. The molecule has 6 nitrogen and oxygen atoms in total. The zero-order valence-corrected chi connectivity index (χ0v) is 13.6. The second kappa shape index (κ2) is 6.62. The van der Waals surface area contributed by atoms with Gasteiger partial charge < -0.3 is 9.42 Å². The maximum atomic E-state index is 13.3. The summed E-state index contributed by atoms with van der Waals surface area (Å²) in [7, 11) is 0. The molecule has 8 heteroatoms. The Morgan fingerprint density at radius 2 is 1.88 bits per heavy atom. The molecular formula is C18H14F2N4O2. The Kier molecular flexibility index (Phi) is 4.16. The largest absolute Gasteiger partial charge is 0.338 e. The molecule has 26 heavy (non-hydrogen) atoms. The van der Waals surface area contributed by atoms with E-state index in [1.165, 1.54) is 12.1 Å². The van der Waals surface area contributed by atoms with E-state index in [0.29, 0.717) is 23.8 Å². The van der Waals surface area contributed by atoms with Gasteiger partial charge in [-0.1, -0.05) is 5.16 Å². The van der Waals surface area contributed by atoms with Crippen LogP contribution >= 0.6 is 0 Å². The highest BCUT2D eigenvalue weighted by atomic mass is 19.1. The third-order valence-electron chi connectivity index (χ3n) is 4.24. The van der Waals surface area contributed by atoms with Crippen molar-refractivity contribution in [3.05, 3.63) is 65.7 Å². The van der Waals surface area contributed by atoms with Crippen LogP contribution in [0.1, 0.15) is 23.7 Å². The number of hydrogen-bond acceptors (Lipinski definition) is 5. The molecule has 0 aliphatic carbocycles. The highest BCUT2D eigenvalue weighted by Crippen LogP contribution is 2.29. The highest BCUT2D eigenvalue weighted by molar-refractivity contribution is 5.79. The first-order valence-corrected chi connectivity index (χ1v) is 8.05. The van der Waals surface area contributed by atoms with Crippen LogP contribution in [0.2, 0.25) is 0 Å². The van der Waals surface area contributed by atoms with E-state index in [2.05, 4.69) is 15.1 Å². The van der Waals surface area contributed by atoms with E-state index in [1.807, 2.05) is 0 Å². The van der Waals surface area contributed by atoms with Gasteiger partial charge in [0.2, 0.25) is 5.91 Å². The molecule has 1 unspecified atom stereocenters. The average Bonchev–Trinajstić information content (AvgIpc) is 3.22. The van der Waals surface area contributed by atoms with Crippen molar-refractivity contribution in [1.82, 2.24) is 20.0 Å².